The molecule has 700 valence electrons. The van der Waals surface area contributed by atoms with E-state index in [0.29, 0.717) is 66.8 Å². The monoisotopic (exact) mass is 1780 g/mol. The van der Waals surface area contributed by atoms with E-state index >= 15 is 0 Å². The molecule has 0 saturated carbocycles. The Hall–Kier alpha value is -12.5. The molecule has 1 aliphatic heterocycles. The number of aromatic hydroxyl groups is 1. The zero-order chi connectivity index (χ0) is 93.2. The Balaban J connectivity index is 0.997. The second-order valence-corrected chi connectivity index (χ2v) is 33.5. The Morgan fingerprint density at radius 1 is 0.555 bits per heavy atom. The maximum Gasteiger partial charge on any atom is 0.303 e. The number of rotatable bonds is 58. The second kappa shape index (κ2) is 53.8. The molecule has 128 heavy (non-hydrogen) atoms. The smallest absolute Gasteiger partial charge is 0.303 e. The number of piperazine rings is 1. The molecule has 12 amide bonds. The number of carboxylic acid groups (broad SMARTS) is 1. The minimum Gasteiger partial charge on any atom is -0.508 e. The van der Waals surface area contributed by atoms with E-state index < -0.39 is 138 Å². The van der Waals surface area contributed by atoms with Crippen molar-refractivity contribution >= 4 is 110 Å². The number of hydrogen-bond donors (Lipinski definition) is 19. The van der Waals surface area contributed by atoms with Crippen LogP contribution in [0.4, 0.5) is 5.69 Å². The highest BCUT2D eigenvalue weighted by Crippen LogP contribution is 2.24. The number of para-hydroxylation sites is 1. The fourth-order valence-corrected chi connectivity index (χ4v) is 15.3. The molecule has 0 unspecified atom stereocenters. The summed E-state index contributed by atoms with van der Waals surface area (Å²) < 4.78 is 1.05. The summed E-state index contributed by atoms with van der Waals surface area (Å²) in [5, 5.41) is 58.1. The minimum absolute atomic E-state index is 0.00288. The first-order valence-electron chi connectivity index (χ1n) is 44.9. The van der Waals surface area contributed by atoms with Gasteiger partial charge in [-0.25, -0.2) is 9.97 Å². The van der Waals surface area contributed by atoms with Crippen LogP contribution in [0.15, 0.2) is 96.6 Å². The summed E-state index contributed by atoms with van der Waals surface area (Å²) in [5.74, 6) is -10.8. The molecule has 1 aliphatic rings. The fraction of sp³-hybridized carbons (Fsp3) is 0.567. The lowest BCUT2D eigenvalue weighted by molar-refractivity contribution is -0.138. The molecule has 4 heterocycles. The lowest BCUT2D eigenvalue weighted by Crippen LogP contribution is -2.60. The molecule has 38 heteroatoms. The normalized spacial score (nSPS) is 14.4. The van der Waals surface area contributed by atoms with Crippen LogP contribution < -0.4 is 86.1 Å². The molecule has 6 aromatic rings. The van der Waals surface area contributed by atoms with Crippen LogP contribution in [0.2, 0.25) is 0 Å². The molecule has 1 saturated heterocycles. The zero-order valence-electron chi connectivity index (χ0n) is 74.6. The predicted molar refractivity (Wildman–Crippen MR) is 484 cm³/mol. The van der Waals surface area contributed by atoms with E-state index in [-0.39, 0.29) is 131 Å². The number of hydrogen-bond acceptors (Lipinski definition) is 20. The highest BCUT2D eigenvalue weighted by atomic mass is 16.4. The van der Waals surface area contributed by atoms with Crippen LogP contribution in [-0.2, 0) is 88.1 Å². The topological polar surface area (TPSA) is 582 Å². The van der Waals surface area contributed by atoms with E-state index in [2.05, 4.69) is 85.3 Å². The Morgan fingerprint density at radius 3 is 1.74 bits per heavy atom. The van der Waals surface area contributed by atoms with Gasteiger partial charge in [0.2, 0.25) is 70.9 Å². The van der Waals surface area contributed by atoms with Gasteiger partial charge in [-0.05, 0) is 111 Å². The van der Waals surface area contributed by atoms with Crippen molar-refractivity contribution in [1.29, 1.82) is 5.41 Å². The highest BCUT2D eigenvalue weighted by molar-refractivity contribution is 5.99. The van der Waals surface area contributed by atoms with E-state index in [1.165, 1.54) is 102 Å². The number of H-pyrrole nitrogens is 2. The van der Waals surface area contributed by atoms with Crippen LogP contribution in [0.1, 0.15) is 206 Å². The molecule has 0 radical (unpaired) electrons. The Labute approximate surface area is 746 Å². The molecule has 1 fully saturated rings. The van der Waals surface area contributed by atoms with Gasteiger partial charge in [-0.2, -0.15) is 0 Å². The number of nitrogens with one attached hydrogen (secondary N) is 14. The second-order valence-electron chi connectivity index (χ2n) is 33.5. The first-order chi connectivity index (χ1) is 61.3. The van der Waals surface area contributed by atoms with Gasteiger partial charge in [-0.1, -0.05) is 148 Å². The average molecular weight is 1780 g/mol. The number of amides is 12. The Bertz CT molecular complexity index is 4700. The van der Waals surface area contributed by atoms with Gasteiger partial charge in [0.1, 0.15) is 60.6 Å². The third-order valence-corrected chi connectivity index (χ3v) is 22.9. The van der Waals surface area contributed by atoms with Crippen molar-refractivity contribution in [3.63, 3.8) is 0 Å². The molecule has 38 nitrogen and oxygen atoms in total. The summed E-state index contributed by atoms with van der Waals surface area (Å²) in [7, 11) is 1.38. The molecule has 3 aromatic carbocycles. The Morgan fingerprint density at radius 2 is 1.12 bits per heavy atom. The van der Waals surface area contributed by atoms with Crippen LogP contribution in [0.25, 0.3) is 21.8 Å². The van der Waals surface area contributed by atoms with Crippen molar-refractivity contribution in [2.45, 2.75) is 269 Å². The van der Waals surface area contributed by atoms with Gasteiger partial charge in [0, 0.05) is 113 Å². The summed E-state index contributed by atoms with van der Waals surface area (Å²) in [5.41, 5.74) is 20.1. The summed E-state index contributed by atoms with van der Waals surface area (Å²) in [6, 6.07) is 6.26. The molecule has 22 N–H and O–H groups in total. The number of imidazole rings is 1. The van der Waals surface area contributed by atoms with Gasteiger partial charge < -0.3 is 106 Å². The number of carbonyl (C=O) groups excluding carboxylic acids is 12. The van der Waals surface area contributed by atoms with Crippen molar-refractivity contribution < 1.29 is 72.5 Å². The number of aromatic nitrogens is 5. The van der Waals surface area contributed by atoms with Crippen molar-refractivity contribution in [3.8, 4) is 5.75 Å². The maximum atomic E-state index is 15.0. The molecule has 10 atom stereocenters. The number of carboxylic acids is 1. The van der Waals surface area contributed by atoms with E-state index in [1.54, 1.807) is 43.1 Å². The van der Waals surface area contributed by atoms with Crippen LogP contribution in [-0.4, -0.2) is 223 Å². The first-order valence-corrected chi connectivity index (χ1v) is 44.9. The number of phenolic OH excluding ortho intramolecular Hbond substituents is 1. The summed E-state index contributed by atoms with van der Waals surface area (Å²) >= 11 is 0. The summed E-state index contributed by atoms with van der Waals surface area (Å²) in [6.45, 7) is 10.0. The molecule has 0 bridgehead atoms. The van der Waals surface area contributed by atoms with E-state index in [0.717, 1.165) is 41.2 Å². The number of benzene rings is 3. The van der Waals surface area contributed by atoms with Gasteiger partial charge in [-0.3, -0.25) is 77.1 Å². The number of anilines is 1. The minimum atomic E-state index is -1.65. The number of unbranched alkanes of at least 4 members (excludes halogenated alkanes) is 13. The van der Waals surface area contributed by atoms with E-state index in [1.807, 2.05) is 43.0 Å². The van der Waals surface area contributed by atoms with Crippen molar-refractivity contribution in [2.24, 2.45) is 29.0 Å². The maximum absolute atomic E-state index is 15.0. The molecule has 0 aliphatic carbocycles. The standard InChI is InChI=1S/C90H134N22O16/c1-7-9-10-11-12-13-14-15-16-17-18-19-20-30-76(115)102-68(37-38-78(117)118)81(120)97-39-24-23-28-69(104-87(126)79(92)57(5)8-2)89(128)111-43-41-110(42-44-111)61-33-36-66-64(49-61)88(127)112(55-101-66)53-77(116)103-67(29-25-40-98-90(93)94)82(121)108-73(48-60-52-96-54-100-60)85(124)106-71(46-58-31-34-62(113)35-32-58)84(123)105-70(45-56(3)4)83(122)109-74(50-75(91)114)86(125)107-72(80(119)95-6)47-59-51-99-65-27-22-21-26-63(59)65/h21-22,26-27,31-36,49,51-52,54-57,67-74,79,99,113H,7-20,23-25,28-30,37-48,50,53,92H2,1-6H3,(H2,91,114)(H,95,119)(H,96,100)(H,97,120)(H,102,115)(H,103,116)(H,104,126)(H,105,123)(H,106,124)(H,107,125)(H,108,121)(H,109,122)(H,117,118)(H4,93,94,98)/t57-,67-,68-,69-,70-,71-,72-,73-,74-,79-/m0/s1. The molecule has 3 aromatic heterocycles. The van der Waals surface area contributed by atoms with Crippen molar-refractivity contribution in [2.75, 3.05) is 51.2 Å². The fourth-order valence-electron chi connectivity index (χ4n) is 15.3. The van der Waals surface area contributed by atoms with E-state index in [4.69, 9.17) is 22.6 Å². The number of aliphatic carboxylic acids is 1. The lowest BCUT2D eigenvalue weighted by atomic mass is 9.98. The lowest BCUT2D eigenvalue weighted by Gasteiger charge is -2.38. The number of aromatic amines is 2. The number of nitrogens with zero attached hydrogens (tertiary/aromatic N) is 5. The van der Waals surface area contributed by atoms with Crippen molar-refractivity contribution in [3.05, 3.63) is 119 Å². The predicted octanol–water partition coefficient (Wildman–Crippen LogP) is 3.50. The van der Waals surface area contributed by atoms with Gasteiger partial charge in [0.25, 0.3) is 5.56 Å². The first kappa shape index (κ1) is 103. The molecular formula is C90H134N22O16. The molecular weight excluding hydrogens is 1650 g/mol. The number of primary amides is 1. The van der Waals surface area contributed by atoms with Gasteiger partial charge in [0.05, 0.1) is 36.0 Å². The van der Waals surface area contributed by atoms with Gasteiger partial charge >= 0.3 is 5.97 Å². The van der Waals surface area contributed by atoms with Gasteiger partial charge in [0.15, 0.2) is 5.96 Å². The molecule has 0 spiro atoms. The third-order valence-electron chi connectivity index (χ3n) is 22.9. The van der Waals surface area contributed by atoms with E-state index in [9.17, 15) is 77.3 Å². The molecule has 7 rings (SSSR count). The number of nitrogens with two attached hydrogens (primary N) is 3. The number of guanidine groups is 1. The highest BCUT2D eigenvalue weighted by Gasteiger charge is 2.37. The quantitative estimate of drug-likeness (QED) is 0.0148. The number of fused-ring (bicyclic) bond motifs is 2. The SMILES string of the molecule is CCCCCCCCCCCCCCCC(=O)N[C@@H](CCC(=O)O)C(=O)NCCCC[C@H](NC(=O)[C@@H](N)[C@@H](C)CC)C(=O)N1CCN(c2ccc3ncn(CC(=O)N[C@@H](CCCNC(=N)N)C(=O)N[C@@H](Cc4cnc[nH]4)C(=O)N[C@@H](Cc4ccc(O)cc4)C(=O)N[C@@H](CC(C)C)C(=O)N[C@@H](CC(N)=O)C(=O)N[C@@H](Cc4c[nH]c5ccccc45)C(=O)NC)c(=O)c3c2)CC1. The average Bonchev–Trinajstić information content (AvgIpc) is 1.03. The summed E-state index contributed by atoms with van der Waals surface area (Å²) in [4.78, 5) is 213. The van der Waals surface area contributed by atoms with Crippen LogP contribution in [0.3, 0.4) is 0 Å². The zero-order valence-corrected chi connectivity index (χ0v) is 74.6. The van der Waals surface area contributed by atoms with Crippen LogP contribution in [0.5, 0.6) is 5.75 Å². The third kappa shape index (κ3) is 34.7. The largest absolute Gasteiger partial charge is 0.508 e. The summed E-state index contributed by atoms with van der Waals surface area (Å²) in [6.07, 6.45) is 20.6. The number of likely N-dealkylation sites (N-methyl/N-ethyl adjacent to an activating group) is 1. The number of phenols is 1. The Kier molecular flexibility index (Phi) is 43.1. The van der Waals surface area contributed by atoms with Gasteiger partial charge in [-0.15, -0.1) is 0 Å². The number of carbonyl (C=O) groups is 13. The van der Waals surface area contributed by atoms with Crippen LogP contribution in [0, 0.1) is 17.2 Å². The van der Waals surface area contributed by atoms with Crippen molar-refractivity contribution in [1.82, 2.24) is 87.9 Å². The van der Waals surface area contributed by atoms with Crippen LogP contribution >= 0.6 is 0 Å².